The zero-order valence-corrected chi connectivity index (χ0v) is 13.2. The highest BCUT2D eigenvalue weighted by atomic mass is 19.1. The van der Waals surface area contributed by atoms with Crippen molar-refractivity contribution in [2.75, 3.05) is 0 Å². The molecule has 6 heteroatoms. The van der Waals surface area contributed by atoms with Crippen molar-refractivity contribution in [1.82, 2.24) is 9.78 Å². The number of halogens is 2. The standard InChI is InChI=1S/C17H22F2N2O2/c1-17(2,3)6-7-21-16(9-14(10-22)20-21)23-11-12-8-13(18)4-5-15(12)19/h4-5,8-9,22H,6-7,10-11H2,1-3H3/i10D2,11D2. The highest BCUT2D eigenvalue weighted by Gasteiger charge is 2.15. The number of aliphatic hydroxyl groups is 1. The van der Waals surface area contributed by atoms with E-state index in [1.54, 1.807) is 0 Å². The summed E-state index contributed by atoms with van der Waals surface area (Å²) in [5, 5.41) is 13.5. The Labute approximate surface area is 140 Å². The Morgan fingerprint density at radius 2 is 2.04 bits per heavy atom. The molecule has 0 unspecified atom stereocenters. The summed E-state index contributed by atoms with van der Waals surface area (Å²) in [6.45, 7) is 0.670. The van der Waals surface area contributed by atoms with E-state index in [4.69, 9.17) is 10.2 Å². The van der Waals surface area contributed by atoms with E-state index in [2.05, 4.69) is 5.10 Å². The topological polar surface area (TPSA) is 47.3 Å². The summed E-state index contributed by atoms with van der Waals surface area (Å²) in [6, 6.07) is 3.39. The molecular formula is C17H22F2N2O2. The second-order valence-electron chi connectivity index (χ2n) is 6.34. The molecule has 4 nitrogen and oxygen atoms in total. The Kier molecular flexibility index (Phi) is 3.84. The van der Waals surface area contributed by atoms with Gasteiger partial charge in [0.2, 0.25) is 5.88 Å². The van der Waals surface area contributed by atoms with Crippen LogP contribution in [0, 0.1) is 17.0 Å². The third-order valence-electron chi connectivity index (χ3n) is 3.13. The van der Waals surface area contributed by atoms with Crippen LogP contribution in [0.2, 0.25) is 0 Å². The average molecular weight is 328 g/mol. The fourth-order valence-corrected chi connectivity index (χ4v) is 1.82. The Morgan fingerprint density at radius 1 is 1.30 bits per heavy atom. The highest BCUT2D eigenvalue weighted by molar-refractivity contribution is 5.20. The second-order valence-corrected chi connectivity index (χ2v) is 6.34. The first-order valence-electron chi connectivity index (χ1n) is 9.14. The predicted molar refractivity (Wildman–Crippen MR) is 82.9 cm³/mol. The summed E-state index contributed by atoms with van der Waals surface area (Å²) in [6.07, 6.45) is 0.593. The van der Waals surface area contributed by atoms with Crippen LogP contribution >= 0.6 is 0 Å². The van der Waals surface area contributed by atoms with E-state index >= 15 is 0 Å². The summed E-state index contributed by atoms with van der Waals surface area (Å²) in [5.74, 6) is -2.02. The molecule has 1 heterocycles. The van der Waals surface area contributed by atoms with Gasteiger partial charge in [0.25, 0.3) is 0 Å². The summed E-state index contributed by atoms with van der Waals surface area (Å²) in [7, 11) is 0. The molecule has 0 aliphatic heterocycles. The van der Waals surface area contributed by atoms with Gasteiger partial charge in [-0.15, -0.1) is 0 Å². The van der Waals surface area contributed by atoms with Crippen molar-refractivity contribution < 1.29 is 24.1 Å². The number of hydrogen-bond donors (Lipinski definition) is 1. The Bertz CT molecular complexity index is 814. The van der Waals surface area contributed by atoms with E-state index in [9.17, 15) is 13.9 Å². The maximum absolute atomic E-state index is 14.0. The van der Waals surface area contributed by atoms with Gasteiger partial charge in [-0.3, -0.25) is 0 Å². The van der Waals surface area contributed by atoms with Crippen molar-refractivity contribution in [3.8, 4) is 5.88 Å². The molecule has 0 bridgehead atoms. The lowest BCUT2D eigenvalue weighted by molar-refractivity contribution is 0.253. The number of aromatic nitrogens is 2. The van der Waals surface area contributed by atoms with Crippen LogP contribution in [0.5, 0.6) is 5.88 Å². The van der Waals surface area contributed by atoms with Gasteiger partial charge in [0.05, 0.1) is 17.7 Å². The largest absolute Gasteiger partial charge is 0.473 e. The van der Waals surface area contributed by atoms with Crippen LogP contribution in [0.15, 0.2) is 24.3 Å². The zero-order valence-electron chi connectivity index (χ0n) is 17.2. The van der Waals surface area contributed by atoms with Crippen molar-refractivity contribution in [3.05, 3.63) is 47.2 Å². The van der Waals surface area contributed by atoms with E-state index in [0.29, 0.717) is 12.5 Å². The lowest BCUT2D eigenvalue weighted by Gasteiger charge is -2.18. The van der Waals surface area contributed by atoms with Crippen molar-refractivity contribution in [2.45, 2.75) is 46.9 Å². The van der Waals surface area contributed by atoms with E-state index < -0.39 is 30.3 Å². The molecule has 0 aliphatic rings. The molecule has 126 valence electrons. The average Bonchev–Trinajstić information content (AvgIpc) is 2.89. The number of benzene rings is 1. The molecule has 23 heavy (non-hydrogen) atoms. The quantitative estimate of drug-likeness (QED) is 0.880. The van der Waals surface area contributed by atoms with Crippen LogP contribution in [0.4, 0.5) is 8.78 Å². The van der Waals surface area contributed by atoms with Gasteiger partial charge in [-0.25, -0.2) is 13.5 Å². The Balaban J connectivity index is 2.40. The first-order valence-corrected chi connectivity index (χ1v) is 7.14. The van der Waals surface area contributed by atoms with Gasteiger partial charge >= 0.3 is 0 Å². The lowest BCUT2D eigenvalue weighted by atomic mass is 9.92. The molecule has 0 fully saturated rings. The summed E-state index contributed by atoms with van der Waals surface area (Å²) in [4.78, 5) is 0. The molecule has 0 aliphatic carbocycles. The molecule has 2 aromatic rings. The monoisotopic (exact) mass is 328 g/mol. The van der Waals surface area contributed by atoms with E-state index in [-0.39, 0.29) is 23.5 Å². The van der Waals surface area contributed by atoms with Crippen molar-refractivity contribution in [1.29, 1.82) is 0 Å². The van der Waals surface area contributed by atoms with Gasteiger partial charge in [-0.1, -0.05) is 20.8 Å². The molecule has 1 aromatic carbocycles. The Morgan fingerprint density at radius 3 is 2.70 bits per heavy atom. The van der Waals surface area contributed by atoms with Gasteiger partial charge in [0.1, 0.15) is 18.2 Å². The molecule has 0 saturated heterocycles. The molecule has 0 radical (unpaired) electrons. The molecular weight excluding hydrogens is 302 g/mol. The molecule has 2 rings (SSSR count). The first-order chi connectivity index (χ1) is 12.2. The summed E-state index contributed by atoms with van der Waals surface area (Å²) < 4.78 is 64.6. The fraction of sp³-hybridized carbons (Fsp3) is 0.471. The third kappa shape index (κ3) is 5.03. The normalized spacial score (nSPS) is 15.6. The molecule has 0 atom stereocenters. The fourth-order valence-electron chi connectivity index (χ4n) is 1.82. The van der Waals surface area contributed by atoms with Gasteiger partial charge in [0.15, 0.2) is 0 Å². The zero-order chi connectivity index (χ0) is 20.6. The van der Waals surface area contributed by atoms with Crippen molar-refractivity contribution in [3.63, 3.8) is 0 Å². The van der Waals surface area contributed by atoms with E-state index in [0.717, 1.165) is 18.2 Å². The number of hydrogen-bond acceptors (Lipinski definition) is 3. The first kappa shape index (κ1) is 12.5. The number of nitrogens with zero attached hydrogens (tertiary/aromatic N) is 2. The highest BCUT2D eigenvalue weighted by Crippen LogP contribution is 2.23. The van der Waals surface area contributed by atoms with Crippen LogP contribution in [0.1, 0.15) is 43.9 Å². The summed E-state index contributed by atoms with van der Waals surface area (Å²) >= 11 is 0. The third-order valence-corrected chi connectivity index (χ3v) is 3.13. The van der Waals surface area contributed by atoms with Gasteiger partial charge < -0.3 is 9.84 Å². The maximum atomic E-state index is 14.0. The van der Waals surface area contributed by atoms with Gasteiger partial charge in [-0.2, -0.15) is 5.10 Å². The van der Waals surface area contributed by atoms with E-state index in [1.807, 2.05) is 20.8 Å². The lowest BCUT2D eigenvalue weighted by Crippen LogP contribution is -2.13. The molecule has 0 saturated carbocycles. The minimum Gasteiger partial charge on any atom is -0.473 e. The van der Waals surface area contributed by atoms with Gasteiger partial charge in [0, 0.05) is 18.2 Å². The van der Waals surface area contributed by atoms with Crippen LogP contribution in [0.3, 0.4) is 0 Å². The molecule has 0 spiro atoms. The number of ether oxygens (including phenoxy) is 1. The van der Waals surface area contributed by atoms with Crippen LogP contribution in [-0.4, -0.2) is 14.9 Å². The molecule has 1 aromatic heterocycles. The maximum Gasteiger partial charge on any atom is 0.212 e. The SMILES string of the molecule is [2H]C([2H])(O)c1cc(OC([2H])([2H])c2cc(F)ccc2F)n(CCC(C)(C)C)n1. The van der Waals surface area contributed by atoms with Crippen LogP contribution in [-0.2, 0) is 19.7 Å². The van der Waals surface area contributed by atoms with Crippen LogP contribution in [0.25, 0.3) is 0 Å². The number of rotatable bonds is 6. The minimum absolute atomic E-state index is 0.102. The van der Waals surface area contributed by atoms with Crippen molar-refractivity contribution in [2.24, 2.45) is 5.41 Å². The van der Waals surface area contributed by atoms with E-state index in [1.165, 1.54) is 4.68 Å². The van der Waals surface area contributed by atoms with Crippen molar-refractivity contribution >= 4 is 0 Å². The number of aryl methyl sites for hydroxylation is 1. The second kappa shape index (κ2) is 7.08. The predicted octanol–water partition coefficient (Wildman–Crippen LogP) is 3.67. The summed E-state index contributed by atoms with van der Waals surface area (Å²) in [5.41, 5.74) is -1.11. The molecule has 1 N–H and O–H groups in total. The molecule has 0 amide bonds. The smallest absolute Gasteiger partial charge is 0.212 e. The Hall–Kier alpha value is -1.95. The van der Waals surface area contributed by atoms with Gasteiger partial charge in [-0.05, 0) is 30.0 Å². The van der Waals surface area contributed by atoms with Crippen LogP contribution < -0.4 is 4.74 Å². The minimum atomic E-state index is -2.76.